The first-order valence-electron chi connectivity index (χ1n) is 6.56. The third kappa shape index (κ3) is 1.84. The van der Waals surface area contributed by atoms with Crippen LogP contribution in [-0.4, -0.2) is 14.5 Å². The molecule has 1 aliphatic rings. The fourth-order valence-electron chi connectivity index (χ4n) is 3.00. The maximum atomic E-state index is 6.09. The van der Waals surface area contributed by atoms with E-state index in [1.54, 1.807) is 6.20 Å². The van der Waals surface area contributed by atoms with Crippen molar-refractivity contribution in [1.82, 2.24) is 14.5 Å². The summed E-state index contributed by atoms with van der Waals surface area (Å²) in [6, 6.07) is 3.82. The zero-order chi connectivity index (χ0) is 13.6. The zero-order valence-electron chi connectivity index (χ0n) is 11.5. The summed E-state index contributed by atoms with van der Waals surface area (Å²) in [5.41, 5.74) is 11.5. The smallest absolute Gasteiger partial charge is 0.207 e. The van der Waals surface area contributed by atoms with Crippen LogP contribution >= 0.6 is 0 Å². The average molecular weight is 254 g/mol. The van der Waals surface area contributed by atoms with E-state index in [0.29, 0.717) is 11.9 Å². The molecule has 2 aromatic heterocycles. The maximum absolute atomic E-state index is 6.09. The van der Waals surface area contributed by atoms with Gasteiger partial charge in [0.25, 0.3) is 0 Å². The molecule has 0 amide bonds. The number of nitrogens with zero attached hydrogens (tertiary/aromatic N) is 3. The molecule has 0 aromatic carbocycles. The lowest BCUT2D eigenvalue weighted by atomic mass is 9.90. The van der Waals surface area contributed by atoms with Crippen LogP contribution in [0.1, 0.15) is 27.2 Å². The monoisotopic (exact) mass is 254 g/mol. The molecule has 2 aromatic rings. The van der Waals surface area contributed by atoms with E-state index in [4.69, 9.17) is 5.73 Å². The van der Waals surface area contributed by atoms with Gasteiger partial charge in [0.1, 0.15) is 5.52 Å². The van der Waals surface area contributed by atoms with Crippen LogP contribution in [0.15, 0.2) is 35.6 Å². The van der Waals surface area contributed by atoms with E-state index in [9.17, 15) is 0 Å². The number of allylic oxidation sites excluding steroid dienone is 4. The van der Waals surface area contributed by atoms with Crippen molar-refractivity contribution in [2.24, 2.45) is 5.92 Å². The van der Waals surface area contributed by atoms with E-state index in [-0.39, 0.29) is 0 Å². The highest BCUT2D eigenvalue weighted by atomic mass is 15.2. The first-order chi connectivity index (χ1) is 9.08. The number of hydrogen-bond donors (Lipinski definition) is 1. The standard InChI is InChI=1S/C15H18N4/c1-9-7-10(2)13(11(3)8-9)19-14-12(18-15(19)16)5-4-6-17-14/h4-7,9H,8H2,1-3H3,(H2,16,18). The molecule has 4 nitrogen and oxygen atoms in total. The summed E-state index contributed by atoms with van der Waals surface area (Å²) < 4.78 is 1.97. The number of nitrogens with two attached hydrogens (primary N) is 1. The molecule has 3 rings (SSSR count). The minimum atomic E-state index is 0.505. The van der Waals surface area contributed by atoms with Crippen LogP contribution in [0, 0.1) is 5.92 Å². The van der Waals surface area contributed by atoms with Crippen molar-refractivity contribution in [3.8, 4) is 0 Å². The molecule has 0 fully saturated rings. The number of pyridine rings is 1. The predicted octanol–water partition coefficient (Wildman–Crippen LogP) is 3.23. The second-order valence-corrected chi connectivity index (χ2v) is 5.31. The minimum absolute atomic E-state index is 0.505. The summed E-state index contributed by atoms with van der Waals surface area (Å²) in [7, 11) is 0. The Morgan fingerprint density at radius 3 is 2.89 bits per heavy atom. The summed E-state index contributed by atoms with van der Waals surface area (Å²) >= 11 is 0. The van der Waals surface area contributed by atoms with Gasteiger partial charge >= 0.3 is 0 Å². The number of anilines is 1. The van der Waals surface area contributed by atoms with E-state index in [1.165, 1.54) is 11.1 Å². The first kappa shape index (κ1) is 12.0. The van der Waals surface area contributed by atoms with Gasteiger partial charge < -0.3 is 5.73 Å². The van der Waals surface area contributed by atoms with Crippen molar-refractivity contribution in [1.29, 1.82) is 0 Å². The predicted molar refractivity (Wildman–Crippen MR) is 78.4 cm³/mol. The molecule has 1 aliphatic carbocycles. The number of nitrogen functional groups attached to an aromatic ring is 1. The van der Waals surface area contributed by atoms with Crippen LogP contribution in [0.2, 0.25) is 0 Å². The highest BCUT2D eigenvalue weighted by molar-refractivity contribution is 5.83. The van der Waals surface area contributed by atoms with Gasteiger partial charge in [0, 0.05) is 6.20 Å². The maximum Gasteiger partial charge on any atom is 0.207 e. The fourth-order valence-corrected chi connectivity index (χ4v) is 3.00. The van der Waals surface area contributed by atoms with Gasteiger partial charge in [0.2, 0.25) is 5.95 Å². The van der Waals surface area contributed by atoms with Gasteiger partial charge in [-0.15, -0.1) is 0 Å². The highest BCUT2D eigenvalue weighted by Gasteiger charge is 2.20. The molecule has 0 saturated heterocycles. The molecule has 19 heavy (non-hydrogen) atoms. The summed E-state index contributed by atoms with van der Waals surface area (Å²) in [6.45, 7) is 6.52. The Labute approximate surface area is 112 Å². The van der Waals surface area contributed by atoms with Crippen molar-refractivity contribution in [3.63, 3.8) is 0 Å². The quantitative estimate of drug-likeness (QED) is 0.850. The van der Waals surface area contributed by atoms with Crippen molar-refractivity contribution in [2.75, 3.05) is 5.73 Å². The first-order valence-corrected chi connectivity index (χ1v) is 6.56. The lowest BCUT2D eigenvalue weighted by Gasteiger charge is -2.23. The Morgan fingerprint density at radius 2 is 2.16 bits per heavy atom. The van der Waals surface area contributed by atoms with E-state index < -0.39 is 0 Å². The Hall–Kier alpha value is -2.10. The summed E-state index contributed by atoms with van der Waals surface area (Å²) in [5, 5.41) is 0. The SMILES string of the molecule is CC1=CC(C)CC(C)=C1n1c(N)nc2cccnc21. The van der Waals surface area contributed by atoms with Gasteiger partial charge in [0.05, 0.1) is 5.70 Å². The Kier molecular flexibility index (Phi) is 2.66. The highest BCUT2D eigenvalue weighted by Crippen LogP contribution is 2.34. The summed E-state index contributed by atoms with van der Waals surface area (Å²) in [6.07, 6.45) is 5.12. The van der Waals surface area contributed by atoms with Crippen LogP contribution < -0.4 is 5.73 Å². The van der Waals surface area contributed by atoms with Gasteiger partial charge in [-0.3, -0.25) is 4.57 Å². The van der Waals surface area contributed by atoms with E-state index >= 15 is 0 Å². The van der Waals surface area contributed by atoms with Crippen LogP contribution in [-0.2, 0) is 0 Å². The molecule has 2 heterocycles. The number of hydrogen-bond acceptors (Lipinski definition) is 3. The molecule has 2 N–H and O–H groups in total. The topological polar surface area (TPSA) is 56.7 Å². The average Bonchev–Trinajstić information content (AvgIpc) is 2.65. The minimum Gasteiger partial charge on any atom is -0.369 e. The van der Waals surface area contributed by atoms with Crippen LogP contribution in [0.3, 0.4) is 0 Å². The van der Waals surface area contributed by atoms with Crippen molar-refractivity contribution < 1.29 is 0 Å². The van der Waals surface area contributed by atoms with E-state index in [2.05, 4.69) is 36.8 Å². The van der Waals surface area contributed by atoms with Gasteiger partial charge in [-0.2, -0.15) is 0 Å². The van der Waals surface area contributed by atoms with E-state index in [0.717, 1.165) is 23.3 Å². The number of fused-ring (bicyclic) bond motifs is 1. The second kappa shape index (κ2) is 4.23. The molecule has 0 radical (unpaired) electrons. The van der Waals surface area contributed by atoms with Crippen LogP contribution in [0.25, 0.3) is 16.9 Å². The van der Waals surface area contributed by atoms with Crippen molar-refractivity contribution in [3.05, 3.63) is 35.6 Å². The summed E-state index contributed by atoms with van der Waals surface area (Å²) in [4.78, 5) is 8.82. The molecular weight excluding hydrogens is 236 g/mol. The zero-order valence-corrected chi connectivity index (χ0v) is 11.5. The molecule has 0 spiro atoms. The third-order valence-electron chi connectivity index (χ3n) is 3.61. The third-order valence-corrected chi connectivity index (χ3v) is 3.61. The Morgan fingerprint density at radius 1 is 1.37 bits per heavy atom. The number of rotatable bonds is 1. The second-order valence-electron chi connectivity index (χ2n) is 5.31. The van der Waals surface area contributed by atoms with E-state index in [1.807, 2.05) is 16.7 Å². The molecule has 0 saturated carbocycles. The largest absolute Gasteiger partial charge is 0.369 e. The van der Waals surface area contributed by atoms with Crippen molar-refractivity contribution >= 4 is 22.8 Å². The molecule has 1 unspecified atom stereocenters. The lowest BCUT2D eigenvalue weighted by Crippen LogP contribution is -2.11. The molecule has 98 valence electrons. The Bertz CT molecular complexity index is 706. The van der Waals surface area contributed by atoms with Gasteiger partial charge in [-0.1, -0.05) is 13.0 Å². The molecule has 4 heteroatoms. The molecule has 0 bridgehead atoms. The van der Waals surface area contributed by atoms with Crippen LogP contribution in [0.4, 0.5) is 5.95 Å². The summed E-state index contributed by atoms with van der Waals surface area (Å²) in [5.74, 6) is 1.08. The van der Waals surface area contributed by atoms with Crippen molar-refractivity contribution in [2.45, 2.75) is 27.2 Å². The molecule has 0 aliphatic heterocycles. The number of aromatic nitrogens is 3. The lowest BCUT2D eigenvalue weighted by molar-refractivity contribution is 0.697. The fraction of sp³-hybridized carbons (Fsp3) is 0.333. The Balaban J connectivity index is 2.28. The van der Waals surface area contributed by atoms with Crippen LogP contribution in [0.5, 0.6) is 0 Å². The van der Waals surface area contributed by atoms with Gasteiger partial charge in [-0.05, 0) is 49.5 Å². The van der Waals surface area contributed by atoms with Gasteiger partial charge in [0.15, 0.2) is 5.65 Å². The number of imidazole rings is 1. The van der Waals surface area contributed by atoms with Gasteiger partial charge in [-0.25, -0.2) is 9.97 Å². The normalized spacial score (nSPS) is 19.9. The molecule has 1 atom stereocenters. The molecular formula is C15H18N4.